The third-order valence-electron chi connectivity index (χ3n) is 2.97. The highest BCUT2D eigenvalue weighted by atomic mass is 16.1. The van der Waals surface area contributed by atoms with Gasteiger partial charge in [-0.1, -0.05) is 25.1 Å². The van der Waals surface area contributed by atoms with E-state index >= 15 is 0 Å². The van der Waals surface area contributed by atoms with Gasteiger partial charge < -0.3 is 9.69 Å². The van der Waals surface area contributed by atoms with Gasteiger partial charge in [0.2, 0.25) is 0 Å². The molecule has 0 unspecified atom stereocenters. The second kappa shape index (κ2) is 4.47. The molecule has 0 N–H and O–H groups in total. The van der Waals surface area contributed by atoms with Crippen molar-refractivity contribution in [3.05, 3.63) is 29.3 Å². The van der Waals surface area contributed by atoms with E-state index < -0.39 is 0 Å². The predicted octanol–water partition coefficient (Wildman–Crippen LogP) is 2.20. The van der Waals surface area contributed by atoms with Gasteiger partial charge in [-0.05, 0) is 24.0 Å². The first-order chi connectivity index (χ1) is 7.36. The van der Waals surface area contributed by atoms with Crippen LogP contribution in [0, 0.1) is 0 Å². The van der Waals surface area contributed by atoms with Crippen LogP contribution in [0.25, 0.3) is 0 Å². The van der Waals surface area contributed by atoms with Crippen molar-refractivity contribution >= 4 is 12.0 Å². The summed E-state index contributed by atoms with van der Waals surface area (Å²) in [6, 6.07) is 6.31. The Bertz CT molecular complexity index is 358. The van der Waals surface area contributed by atoms with Crippen molar-refractivity contribution in [3.63, 3.8) is 0 Å². The van der Waals surface area contributed by atoms with Gasteiger partial charge in [0, 0.05) is 25.2 Å². The highest BCUT2D eigenvalue weighted by molar-refractivity contribution is 5.69. The third kappa shape index (κ3) is 1.89. The fraction of sp³-hybridized carbons (Fsp3) is 0.462. The van der Waals surface area contributed by atoms with Gasteiger partial charge in [-0.15, -0.1) is 0 Å². The zero-order valence-electron chi connectivity index (χ0n) is 9.20. The smallest absolute Gasteiger partial charge is 0.124 e. The van der Waals surface area contributed by atoms with Crippen LogP contribution in [0.1, 0.15) is 24.5 Å². The van der Waals surface area contributed by atoms with Crippen molar-refractivity contribution < 1.29 is 4.79 Å². The SMILES string of the molecule is CCCN1CCc2cccc(CC=O)c21. The number of carbonyl (C=O) groups excluding carboxylic acids is 1. The van der Waals surface area contributed by atoms with E-state index in [4.69, 9.17) is 0 Å². The molecule has 2 heteroatoms. The average Bonchev–Trinajstić information content (AvgIpc) is 2.64. The molecule has 0 atom stereocenters. The van der Waals surface area contributed by atoms with E-state index in [-0.39, 0.29) is 0 Å². The number of hydrogen-bond donors (Lipinski definition) is 0. The maximum atomic E-state index is 10.6. The van der Waals surface area contributed by atoms with Gasteiger partial charge >= 0.3 is 0 Å². The molecule has 15 heavy (non-hydrogen) atoms. The van der Waals surface area contributed by atoms with Gasteiger partial charge in [-0.3, -0.25) is 0 Å². The molecule has 1 aliphatic heterocycles. The molecule has 0 aromatic heterocycles. The van der Waals surface area contributed by atoms with Gasteiger partial charge in [-0.2, -0.15) is 0 Å². The number of aldehydes is 1. The average molecular weight is 203 g/mol. The first-order valence-electron chi connectivity index (χ1n) is 5.66. The number of para-hydroxylation sites is 1. The molecule has 0 radical (unpaired) electrons. The minimum Gasteiger partial charge on any atom is -0.371 e. The summed E-state index contributed by atoms with van der Waals surface area (Å²) >= 11 is 0. The quantitative estimate of drug-likeness (QED) is 0.699. The molecule has 0 saturated carbocycles. The molecule has 0 spiro atoms. The molecule has 80 valence electrons. The number of rotatable bonds is 4. The van der Waals surface area contributed by atoms with Crippen LogP contribution in [0.2, 0.25) is 0 Å². The van der Waals surface area contributed by atoms with E-state index in [0.717, 1.165) is 32.2 Å². The molecular weight excluding hydrogens is 186 g/mol. The molecule has 0 aliphatic carbocycles. The lowest BCUT2D eigenvalue weighted by Crippen LogP contribution is -2.22. The second-order valence-electron chi connectivity index (χ2n) is 4.03. The minimum absolute atomic E-state index is 0.545. The Kier molecular flexibility index (Phi) is 3.05. The fourth-order valence-electron chi connectivity index (χ4n) is 2.37. The molecule has 1 aromatic carbocycles. The lowest BCUT2D eigenvalue weighted by atomic mass is 10.1. The monoisotopic (exact) mass is 203 g/mol. The molecule has 1 heterocycles. The molecule has 2 nitrogen and oxygen atoms in total. The zero-order chi connectivity index (χ0) is 10.7. The predicted molar refractivity (Wildman–Crippen MR) is 62.4 cm³/mol. The summed E-state index contributed by atoms with van der Waals surface area (Å²) in [6.45, 7) is 4.41. The lowest BCUT2D eigenvalue weighted by Gasteiger charge is -2.20. The van der Waals surface area contributed by atoms with Gasteiger partial charge in [0.1, 0.15) is 6.29 Å². The van der Waals surface area contributed by atoms with Crippen molar-refractivity contribution in [3.8, 4) is 0 Å². The number of anilines is 1. The number of carbonyl (C=O) groups is 1. The summed E-state index contributed by atoms with van der Waals surface area (Å²) in [6.07, 6.45) is 3.83. The van der Waals surface area contributed by atoms with Gasteiger partial charge in [0.15, 0.2) is 0 Å². The first kappa shape index (κ1) is 10.2. The summed E-state index contributed by atoms with van der Waals surface area (Å²) in [5.74, 6) is 0. The molecule has 0 bridgehead atoms. The summed E-state index contributed by atoms with van der Waals surface area (Å²) in [4.78, 5) is 13.0. The van der Waals surface area contributed by atoms with E-state index in [1.807, 2.05) is 0 Å². The molecular formula is C13H17NO. The van der Waals surface area contributed by atoms with Crippen LogP contribution in [-0.2, 0) is 17.6 Å². The molecule has 0 saturated heterocycles. The van der Waals surface area contributed by atoms with Gasteiger partial charge in [-0.25, -0.2) is 0 Å². The standard InChI is InChI=1S/C13H17NO/c1-2-8-14-9-6-11-4-3-5-12(7-10-15)13(11)14/h3-5,10H,2,6-9H2,1H3. The first-order valence-corrected chi connectivity index (χ1v) is 5.66. The lowest BCUT2D eigenvalue weighted by molar-refractivity contribution is -0.107. The second-order valence-corrected chi connectivity index (χ2v) is 4.03. The Balaban J connectivity index is 2.34. The van der Waals surface area contributed by atoms with Crippen molar-refractivity contribution in [2.45, 2.75) is 26.2 Å². The summed E-state index contributed by atoms with van der Waals surface area (Å²) < 4.78 is 0. The maximum absolute atomic E-state index is 10.6. The highest BCUT2D eigenvalue weighted by Crippen LogP contribution is 2.31. The Morgan fingerprint density at radius 1 is 1.47 bits per heavy atom. The summed E-state index contributed by atoms with van der Waals surface area (Å²) in [5.41, 5.74) is 3.92. The van der Waals surface area contributed by atoms with Gasteiger partial charge in [0.05, 0.1) is 0 Å². The summed E-state index contributed by atoms with van der Waals surface area (Å²) in [5, 5.41) is 0. The van der Waals surface area contributed by atoms with E-state index in [9.17, 15) is 4.79 Å². The van der Waals surface area contributed by atoms with Crippen molar-refractivity contribution in [1.29, 1.82) is 0 Å². The molecule has 0 fully saturated rings. The molecule has 0 amide bonds. The van der Waals surface area contributed by atoms with Gasteiger partial charge in [0.25, 0.3) is 0 Å². The molecule has 1 aliphatic rings. The van der Waals surface area contributed by atoms with Crippen LogP contribution in [0.15, 0.2) is 18.2 Å². The zero-order valence-corrected chi connectivity index (χ0v) is 9.20. The Morgan fingerprint density at radius 2 is 2.33 bits per heavy atom. The summed E-state index contributed by atoms with van der Waals surface area (Å²) in [7, 11) is 0. The van der Waals surface area contributed by atoms with Crippen LogP contribution in [0.5, 0.6) is 0 Å². The van der Waals surface area contributed by atoms with Crippen molar-refractivity contribution in [1.82, 2.24) is 0 Å². The number of benzene rings is 1. The minimum atomic E-state index is 0.545. The van der Waals surface area contributed by atoms with Crippen LogP contribution < -0.4 is 4.90 Å². The largest absolute Gasteiger partial charge is 0.371 e. The Morgan fingerprint density at radius 3 is 3.07 bits per heavy atom. The van der Waals surface area contributed by atoms with Crippen LogP contribution >= 0.6 is 0 Å². The topological polar surface area (TPSA) is 20.3 Å². The van der Waals surface area contributed by atoms with Crippen molar-refractivity contribution in [2.24, 2.45) is 0 Å². The third-order valence-corrected chi connectivity index (χ3v) is 2.97. The fourth-order valence-corrected chi connectivity index (χ4v) is 2.37. The maximum Gasteiger partial charge on any atom is 0.124 e. The van der Waals surface area contributed by atoms with Crippen molar-refractivity contribution in [2.75, 3.05) is 18.0 Å². The highest BCUT2D eigenvalue weighted by Gasteiger charge is 2.20. The van der Waals surface area contributed by atoms with Crippen LogP contribution in [-0.4, -0.2) is 19.4 Å². The number of hydrogen-bond acceptors (Lipinski definition) is 2. The Labute approximate surface area is 90.9 Å². The van der Waals surface area contributed by atoms with E-state index in [1.54, 1.807) is 0 Å². The number of nitrogens with zero attached hydrogens (tertiary/aromatic N) is 1. The van der Waals surface area contributed by atoms with Crippen LogP contribution in [0.3, 0.4) is 0 Å². The molecule has 2 rings (SSSR count). The van der Waals surface area contributed by atoms with Crippen LogP contribution in [0.4, 0.5) is 5.69 Å². The van der Waals surface area contributed by atoms with E-state index in [2.05, 4.69) is 30.0 Å². The normalized spacial score (nSPS) is 14.1. The van der Waals surface area contributed by atoms with E-state index in [0.29, 0.717) is 6.42 Å². The Hall–Kier alpha value is -1.31. The molecule has 1 aromatic rings. The van der Waals surface area contributed by atoms with E-state index in [1.165, 1.54) is 16.8 Å². The number of fused-ring (bicyclic) bond motifs is 1.